The van der Waals surface area contributed by atoms with Crippen molar-refractivity contribution >= 4 is 15.9 Å². The molecule has 15 heavy (non-hydrogen) atoms. The summed E-state index contributed by atoms with van der Waals surface area (Å²) in [5.74, 6) is 0. The van der Waals surface area contributed by atoms with E-state index in [0.717, 1.165) is 10.0 Å². The first kappa shape index (κ1) is 12.7. The largest absolute Gasteiger partial charge is 0.326 e. The lowest BCUT2D eigenvalue weighted by Gasteiger charge is -2.05. The van der Waals surface area contributed by atoms with Crippen molar-refractivity contribution in [3.05, 3.63) is 34.3 Å². The molecule has 0 aliphatic heterocycles. The van der Waals surface area contributed by atoms with Gasteiger partial charge in [-0.15, -0.1) is 0 Å². The van der Waals surface area contributed by atoms with Gasteiger partial charge in [0.2, 0.25) is 0 Å². The first-order valence-corrected chi connectivity index (χ1v) is 6.57. The Balaban J connectivity index is 0.000000162. The molecule has 1 saturated carbocycles. The second-order valence-corrected chi connectivity index (χ2v) is 4.87. The maximum absolute atomic E-state index is 5.40. The molecule has 0 amide bonds. The molecule has 1 aliphatic carbocycles. The maximum Gasteiger partial charge on any atom is 0.0178 e. The van der Waals surface area contributed by atoms with Crippen LogP contribution in [0.15, 0.2) is 28.7 Å². The van der Waals surface area contributed by atoms with E-state index in [1.54, 1.807) is 0 Å². The number of benzene rings is 1. The third kappa shape index (κ3) is 5.95. The molecule has 0 radical (unpaired) electrons. The lowest BCUT2D eigenvalue weighted by Crippen LogP contribution is -1.94. The lowest BCUT2D eigenvalue weighted by atomic mass is 10.0. The maximum atomic E-state index is 5.40. The summed E-state index contributed by atoms with van der Waals surface area (Å²) >= 11 is 3.35. The predicted molar refractivity (Wildman–Crippen MR) is 69.7 cm³/mol. The summed E-state index contributed by atoms with van der Waals surface area (Å²) in [5, 5.41) is 0. The van der Waals surface area contributed by atoms with Gasteiger partial charge in [0, 0.05) is 11.0 Å². The van der Waals surface area contributed by atoms with E-state index in [1.165, 1.54) is 38.5 Å². The Hall–Kier alpha value is -0.340. The van der Waals surface area contributed by atoms with E-state index in [2.05, 4.69) is 15.9 Å². The average Bonchev–Trinajstić information content (AvgIpc) is 2.32. The van der Waals surface area contributed by atoms with E-state index in [1.807, 2.05) is 24.3 Å². The monoisotopic (exact) mass is 269 g/mol. The standard InChI is InChI=1S/C7H8BrN.C6H12/c8-7-3-1-2-6(4-7)5-9;1-2-4-6-5-3-1/h1-4H,5,9H2;1-6H2. The molecule has 1 fully saturated rings. The molecule has 2 rings (SSSR count). The van der Waals surface area contributed by atoms with Gasteiger partial charge in [-0.2, -0.15) is 0 Å². The van der Waals surface area contributed by atoms with Crippen molar-refractivity contribution in [2.75, 3.05) is 0 Å². The van der Waals surface area contributed by atoms with Gasteiger partial charge in [0.25, 0.3) is 0 Å². The number of hydrogen-bond donors (Lipinski definition) is 1. The molecular weight excluding hydrogens is 250 g/mol. The van der Waals surface area contributed by atoms with Crippen LogP contribution in [0.25, 0.3) is 0 Å². The average molecular weight is 270 g/mol. The Bertz CT molecular complexity index is 257. The molecule has 2 heteroatoms. The summed E-state index contributed by atoms with van der Waals surface area (Å²) in [7, 11) is 0. The zero-order valence-electron chi connectivity index (χ0n) is 9.21. The molecule has 0 heterocycles. The summed E-state index contributed by atoms with van der Waals surface area (Å²) in [6.45, 7) is 0.611. The number of rotatable bonds is 1. The lowest BCUT2D eigenvalue weighted by molar-refractivity contribution is 0.504. The van der Waals surface area contributed by atoms with Crippen LogP contribution in [0.5, 0.6) is 0 Å². The van der Waals surface area contributed by atoms with E-state index >= 15 is 0 Å². The van der Waals surface area contributed by atoms with Crippen molar-refractivity contribution < 1.29 is 0 Å². The number of nitrogens with two attached hydrogens (primary N) is 1. The first-order chi connectivity index (χ1) is 7.33. The van der Waals surface area contributed by atoms with Gasteiger partial charge in [-0.05, 0) is 17.7 Å². The summed E-state index contributed by atoms with van der Waals surface area (Å²) in [5.41, 5.74) is 6.55. The fraction of sp³-hybridized carbons (Fsp3) is 0.538. The van der Waals surface area contributed by atoms with Gasteiger partial charge in [-0.25, -0.2) is 0 Å². The zero-order valence-corrected chi connectivity index (χ0v) is 10.8. The second-order valence-electron chi connectivity index (χ2n) is 3.96. The predicted octanol–water partition coefficient (Wildman–Crippen LogP) is 4.25. The van der Waals surface area contributed by atoms with E-state index in [-0.39, 0.29) is 0 Å². The van der Waals surface area contributed by atoms with Crippen molar-refractivity contribution in [3.63, 3.8) is 0 Å². The minimum atomic E-state index is 0.611. The number of halogens is 1. The number of hydrogen-bond acceptors (Lipinski definition) is 1. The van der Waals surface area contributed by atoms with Crippen molar-refractivity contribution in [1.82, 2.24) is 0 Å². The fourth-order valence-electron chi connectivity index (χ4n) is 1.72. The minimum Gasteiger partial charge on any atom is -0.326 e. The molecule has 0 bridgehead atoms. The Morgan fingerprint density at radius 3 is 1.87 bits per heavy atom. The van der Waals surface area contributed by atoms with Crippen LogP contribution in [0, 0.1) is 0 Å². The molecule has 1 aliphatic rings. The van der Waals surface area contributed by atoms with Crippen molar-refractivity contribution in [2.24, 2.45) is 5.73 Å². The molecule has 1 aromatic rings. The molecule has 84 valence electrons. The Morgan fingerprint density at radius 2 is 1.53 bits per heavy atom. The summed E-state index contributed by atoms with van der Waals surface area (Å²) in [6.07, 6.45) is 9.00. The van der Waals surface area contributed by atoms with Crippen LogP contribution in [0.2, 0.25) is 0 Å². The summed E-state index contributed by atoms with van der Waals surface area (Å²) in [4.78, 5) is 0. The van der Waals surface area contributed by atoms with Crippen LogP contribution in [0.3, 0.4) is 0 Å². The Morgan fingerprint density at radius 1 is 1.00 bits per heavy atom. The molecule has 0 spiro atoms. The van der Waals surface area contributed by atoms with Crippen molar-refractivity contribution in [2.45, 2.75) is 45.1 Å². The summed E-state index contributed by atoms with van der Waals surface area (Å²) in [6, 6.07) is 7.98. The van der Waals surface area contributed by atoms with Gasteiger partial charge in [0.05, 0.1) is 0 Å². The van der Waals surface area contributed by atoms with Crippen LogP contribution >= 0.6 is 15.9 Å². The molecule has 1 nitrogen and oxygen atoms in total. The molecule has 0 atom stereocenters. The summed E-state index contributed by atoms with van der Waals surface area (Å²) < 4.78 is 1.09. The van der Waals surface area contributed by atoms with Crippen LogP contribution in [0.4, 0.5) is 0 Å². The van der Waals surface area contributed by atoms with Crippen LogP contribution < -0.4 is 5.73 Å². The van der Waals surface area contributed by atoms with Crippen LogP contribution in [0.1, 0.15) is 44.1 Å². The van der Waals surface area contributed by atoms with Gasteiger partial charge in [0.15, 0.2) is 0 Å². The van der Waals surface area contributed by atoms with E-state index in [4.69, 9.17) is 5.73 Å². The van der Waals surface area contributed by atoms with Gasteiger partial charge in [-0.1, -0.05) is 66.6 Å². The Kier molecular flexibility index (Phi) is 6.69. The van der Waals surface area contributed by atoms with Crippen LogP contribution in [-0.4, -0.2) is 0 Å². The fourth-order valence-corrected chi connectivity index (χ4v) is 2.17. The third-order valence-electron chi connectivity index (χ3n) is 2.62. The van der Waals surface area contributed by atoms with Gasteiger partial charge >= 0.3 is 0 Å². The highest BCUT2D eigenvalue weighted by atomic mass is 79.9. The highest BCUT2D eigenvalue weighted by molar-refractivity contribution is 9.10. The first-order valence-electron chi connectivity index (χ1n) is 5.77. The minimum absolute atomic E-state index is 0.611. The highest BCUT2D eigenvalue weighted by Gasteiger charge is 1.95. The zero-order chi connectivity index (χ0) is 10.9. The Labute approximate surface area is 101 Å². The van der Waals surface area contributed by atoms with E-state index in [9.17, 15) is 0 Å². The molecule has 2 N–H and O–H groups in total. The molecule has 0 aromatic heterocycles. The van der Waals surface area contributed by atoms with E-state index in [0.29, 0.717) is 6.54 Å². The van der Waals surface area contributed by atoms with Gasteiger partial charge in [0.1, 0.15) is 0 Å². The molecule has 0 unspecified atom stereocenters. The second kappa shape index (κ2) is 7.89. The smallest absolute Gasteiger partial charge is 0.0178 e. The van der Waals surface area contributed by atoms with E-state index < -0.39 is 0 Å². The van der Waals surface area contributed by atoms with Crippen molar-refractivity contribution in [3.8, 4) is 0 Å². The van der Waals surface area contributed by atoms with Gasteiger partial charge < -0.3 is 5.73 Å². The SMILES string of the molecule is C1CCCCC1.NCc1cccc(Br)c1. The molecular formula is C13H20BrN. The highest BCUT2D eigenvalue weighted by Crippen LogP contribution is 2.15. The van der Waals surface area contributed by atoms with Crippen LogP contribution in [-0.2, 0) is 6.54 Å². The third-order valence-corrected chi connectivity index (χ3v) is 3.12. The quantitative estimate of drug-likeness (QED) is 0.811. The van der Waals surface area contributed by atoms with Crippen molar-refractivity contribution in [1.29, 1.82) is 0 Å². The normalized spacial score (nSPS) is 15.3. The topological polar surface area (TPSA) is 26.0 Å². The molecule has 0 saturated heterocycles. The van der Waals surface area contributed by atoms with Gasteiger partial charge in [-0.3, -0.25) is 0 Å². The molecule has 1 aromatic carbocycles.